The summed E-state index contributed by atoms with van der Waals surface area (Å²) in [4.78, 5) is 113. The van der Waals surface area contributed by atoms with Gasteiger partial charge in [-0.3, -0.25) is 38.4 Å². The predicted molar refractivity (Wildman–Crippen MR) is 277 cm³/mol. The van der Waals surface area contributed by atoms with Gasteiger partial charge in [0.25, 0.3) is 11.8 Å². The van der Waals surface area contributed by atoms with Crippen LogP contribution in [0.3, 0.4) is 0 Å². The molecule has 8 N–H and O–H groups in total. The van der Waals surface area contributed by atoms with Gasteiger partial charge in [-0.1, -0.05) is 80.1 Å². The molecule has 2 saturated heterocycles. The summed E-state index contributed by atoms with van der Waals surface area (Å²) in [7, 11) is 3.36. The molecule has 402 valence electrons. The Hall–Kier alpha value is -5.10. The highest BCUT2D eigenvalue weighted by Crippen LogP contribution is 2.31. The highest BCUT2D eigenvalue weighted by atomic mass is 16.2. The molecule has 2 saturated carbocycles. The van der Waals surface area contributed by atoms with E-state index in [-0.39, 0.29) is 84.3 Å². The van der Waals surface area contributed by atoms with Crippen LogP contribution in [0.25, 0.3) is 0 Å². The number of hydrogen-bond donors (Lipinski definition) is 8. The first-order valence-electron chi connectivity index (χ1n) is 26.9. The van der Waals surface area contributed by atoms with Gasteiger partial charge in [-0.05, 0) is 126 Å². The van der Waals surface area contributed by atoms with Crippen molar-refractivity contribution in [2.45, 2.75) is 194 Å². The van der Waals surface area contributed by atoms with Gasteiger partial charge in [-0.15, -0.1) is 0 Å². The second-order valence-corrected chi connectivity index (χ2v) is 23.0. The minimum atomic E-state index is -0.831. The van der Waals surface area contributed by atoms with Gasteiger partial charge in [0.05, 0.1) is 12.1 Å². The SMILES string of the molecule is CN[C@@H](C)C(=O)N[C@H](C(=O)N1CCC[C@H]1C(=O)NC(CNC(=O)c1ccc(C(=O)NC[C@@H](NC(=O)[C@@H]2CCCN2C(=O)[C@@H](NC(=O)[C@H](C)NC)C(C)(C)C)C2CCCCC2)cc1)C1CCCCC1)C(C)(C)C. The van der Waals surface area contributed by atoms with Crippen molar-refractivity contribution < 1.29 is 38.4 Å². The molecule has 72 heavy (non-hydrogen) atoms. The summed E-state index contributed by atoms with van der Waals surface area (Å²) in [6, 6.07) is 1.59. The number of carbonyl (C=O) groups excluding carboxylic acids is 8. The van der Waals surface area contributed by atoms with Crippen LogP contribution in [0, 0.1) is 22.7 Å². The van der Waals surface area contributed by atoms with E-state index in [0.717, 1.165) is 64.2 Å². The van der Waals surface area contributed by atoms with Crippen molar-refractivity contribution in [2.75, 3.05) is 40.3 Å². The van der Waals surface area contributed by atoms with E-state index in [1.54, 1.807) is 62.0 Å². The molecule has 0 bridgehead atoms. The van der Waals surface area contributed by atoms with Gasteiger partial charge in [-0.2, -0.15) is 0 Å². The van der Waals surface area contributed by atoms with Crippen LogP contribution in [-0.2, 0) is 28.8 Å². The number of likely N-dealkylation sites (N-methyl/N-ethyl adjacent to an activating group) is 2. The maximum Gasteiger partial charge on any atom is 0.251 e. The number of amides is 8. The second-order valence-electron chi connectivity index (χ2n) is 23.0. The summed E-state index contributed by atoms with van der Waals surface area (Å²) in [6.07, 6.45) is 12.2. The summed E-state index contributed by atoms with van der Waals surface area (Å²) in [6.45, 7) is 16.0. The Labute approximate surface area is 428 Å². The van der Waals surface area contributed by atoms with Gasteiger partial charge in [0, 0.05) is 49.4 Å². The van der Waals surface area contributed by atoms with Crippen LogP contribution in [-0.4, -0.2) is 146 Å². The molecular formula is C54H88N10O8. The number of likely N-dealkylation sites (tertiary alicyclic amines) is 2. The Morgan fingerprint density at radius 1 is 0.500 bits per heavy atom. The zero-order valence-electron chi connectivity index (χ0n) is 45.0. The lowest BCUT2D eigenvalue weighted by Gasteiger charge is -2.37. The quantitative estimate of drug-likeness (QED) is 0.0946. The van der Waals surface area contributed by atoms with Crippen LogP contribution in [0.1, 0.15) is 166 Å². The number of rotatable bonds is 20. The first-order valence-corrected chi connectivity index (χ1v) is 26.9. The highest BCUT2D eigenvalue weighted by molar-refractivity contribution is 5.98. The van der Waals surface area contributed by atoms with Crippen molar-refractivity contribution in [1.29, 1.82) is 0 Å². The zero-order chi connectivity index (χ0) is 52.9. The zero-order valence-corrected chi connectivity index (χ0v) is 45.0. The van der Waals surface area contributed by atoms with E-state index in [1.165, 1.54) is 0 Å². The molecule has 1 aromatic rings. The molecule has 0 radical (unpaired) electrons. The Morgan fingerprint density at radius 2 is 0.833 bits per heavy atom. The molecule has 4 aliphatic rings. The normalized spacial score (nSPS) is 21.6. The largest absolute Gasteiger partial charge is 0.350 e. The van der Waals surface area contributed by atoms with Gasteiger partial charge in [0.1, 0.15) is 24.2 Å². The predicted octanol–water partition coefficient (Wildman–Crippen LogP) is 3.54. The average Bonchev–Trinajstić information content (AvgIpc) is 4.08. The standard InChI is InChI=1S/C54H88N10O8/c1-33(55-9)45(65)61-43(53(3,4)5)51(71)63-29-17-23-41(63)49(69)59-39(35-19-13-11-14-20-35)31-57-47(67)37-25-27-38(28-26-37)48(68)58-32-40(36-21-15-12-16-22-36)60-50(70)42-24-18-30-64(42)52(72)44(54(6,7)8)62-46(66)34(2)56-10/h25-28,33-36,39-44,55-56H,11-24,29-32H2,1-10H3,(H,57,67)(H,58,68)(H,59,69)(H,60,70)(H,61,65)(H,62,66)/t33-,34-,39+,40?,41-,42-,43+,44+/m0/s1. The van der Waals surface area contributed by atoms with Gasteiger partial charge < -0.3 is 52.3 Å². The Bertz CT molecular complexity index is 1900. The van der Waals surface area contributed by atoms with E-state index < -0.39 is 47.1 Å². The van der Waals surface area contributed by atoms with Crippen LogP contribution < -0.4 is 42.5 Å². The number of nitrogens with one attached hydrogen (secondary N) is 8. The fourth-order valence-electron chi connectivity index (χ4n) is 10.7. The molecule has 1 aromatic carbocycles. The van der Waals surface area contributed by atoms with Crippen LogP contribution in [0.15, 0.2) is 24.3 Å². The molecule has 0 aromatic heterocycles. The summed E-state index contributed by atoms with van der Waals surface area (Å²) < 4.78 is 0. The summed E-state index contributed by atoms with van der Waals surface area (Å²) in [5.41, 5.74) is -0.509. The first kappa shape index (κ1) is 57.8. The van der Waals surface area contributed by atoms with Gasteiger partial charge in [-0.25, -0.2) is 0 Å². The monoisotopic (exact) mass is 1000 g/mol. The van der Waals surface area contributed by atoms with E-state index in [9.17, 15) is 38.4 Å². The fraction of sp³-hybridized carbons (Fsp3) is 0.741. The molecule has 8 atom stereocenters. The van der Waals surface area contributed by atoms with Gasteiger partial charge in [0.15, 0.2) is 0 Å². The lowest BCUT2D eigenvalue weighted by molar-refractivity contribution is -0.144. The lowest BCUT2D eigenvalue weighted by Crippen LogP contribution is -2.60. The summed E-state index contributed by atoms with van der Waals surface area (Å²) in [5.74, 6) is -2.13. The molecule has 4 fully saturated rings. The van der Waals surface area contributed by atoms with Crippen molar-refractivity contribution in [3.8, 4) is 0 Å². The molecule has 0 spiro atoms. The number of nitrogens with zero attached hydrogens (tertiary/aromatic N) is 2. The number of hydrogen-bond acceptors (Lipinski definition) is 10. The van der Waals surface area contributed by atoms with Crippen LogP contribution in [0.4, 0.5) is 0 Å². The molecule has 1 unspecified atom stereocenters. The van der Waals surface area contributed by atoms with Crippen LogP contribution in [0.2, 0.25) is 0 Å². The minimum Gasteiger partial charge on any atom is -0.350 e. The highest BCUT2D eigenvalue weighted by Gasteiger charge is 2.45. The van der Waals surface area contributed by atoms with E-state index in [0.29, 0.717) is 49.9 Å². The molecule has 2 aliphatic carbocycles. The van der Waals surface area contributed by atoms with E-state index in [2.05, 4.69) is 42.5 Å². The lowest BCUT2D eigenvalue weighted by atomic mass is 9.83. The van der Waals surface area contributed by atoms with Crippen LogP contribution >= 0.6 is 0 Å². The fourth-order valence-corrected chi connectivity index (χ4v) is 10.7. The molecule has 5 rings (SSSR count). The van der Waals surface area contributed by atoms with Crippen molar-refractivity contribution in [3.63, 3.8) is 0 Å². The van der Waals surface area contributed by atoms with E-state index >= 15 is 0 Å². The molecular weight excluding hydrogens is 917 g/mol. The Kier molecular flexibility index (Phi) is 21.0. The molecule has 2 aliphatic heterocycles. The van der Waals surface area contributed by atoms with Gasteiger partial charge >= 0.3 is 0 Å². The number of carbonyl (C=O) groups is 8. The minimum absolute atomic E-state index is 0.137. The second kappa shape index (κ2) is 26.2. The number of benzene rings is 1. The molecule has 2 heterocycles. The molecule has 18 heteroatoms. The molecule has 18 nitrogen and oxygen atoms in total. The van der Waals surface area contributed by atoms with Crippen LogP contribution in [0.5, 0.6) is 0 Å². The Balaban J connectivity index is 1.20. The summed E-state index contributed by atoms with van der Waals surface area (Å²) >= 11 is 0. The van der Waals surface area contributed by atoms with Crippen molar-refractivity contribution in [3.05, 3.63) is 35.4 Å². The van der Waals surface area contributed by atoms with Gasteiger partial charge in [0.2, 0.25) is 35.4 Å². The molecule has 8 amide bonds. The third-order valence-corrected chi connectivity index (χ3v) is 15.6. The van der Waals surface area contributed by atoms with E-state index in [1.807, 2.05) is 41.5 Å². The topological polar surface area (TPSA) is 239 Å². The average molecular weight is 1010 g/mol. The van der Waals surface area contributed by atoms with Crippen molar-refractivity contribution in [1.82, 2.24) is 52.3 Å². The first-order chi connectivity index (χ1) is 34.0. The van der Waals surface area contributed by atoms with Crippen molar-refractivity contribution in [2.24, 2.45) is 22.7 Å². The third kappa shape index (κ3) is 15.5. The summed E-state index contributed by atoms with van der Waals surface area (Å²) in [5, 5.41) is 24.2. The van der Waals surface area contributed by atoms with E-state index in [4.69, 9.17) is 0 Å². The smallest absolute Gasteiger partial charge is 0.251 e. The maximum absolute atomic E-state index is 14.1. The third-order valence-electron chi connectivity index (χ3n) is 15.6. The maximum atomic E-state index is 14.1. The van der Waals surface area contributed by atoms with Crippen molar-refractivity contribution >= 4 is 47.3 Å². The Morgan fingerprint density at radius 3 is 1.14 bits per heavy atom.